The van der Waals surface area contributed by atoms with Gasteiger partial charge in [0.05, 0.1) is 0 Å². The molecular weight excluding hydrogens is 256 g/mol. The Morgan fingerprint density at radius 2 is 2.00 bits per heavy atom. The number of rotatable bonds is 3. The lowest BCUT2D eigenvalue weighted by molar-refractivity contribution is 0.173. The fraction of sp³-hybridized carbons (Fsp3) is 0.667. The van der Waals surface area contributed by atoms with Gasteiger partial charge in [0.15, 0.2) is 4.67 Å². The maximum atomic E-state index is 9.20. The monoisotopic (exact) mass is 272 g/mol. The van der Waals surface area contributed by atoms with Crippen LogP contribution in [0.4, 0.5) is 0 Å². The summed E-state index contributed by atoms with van der Waals surface area (Å²) in [5.74, 6) is 1.04. The van der Waals surface area contributed by atoms with E-state index in [2.05, 4.69) is 15.9 Å². The van der Waals surface area contributed by atoms with Crippen molar-refractivity contribution in [2.75, 3.05) is 6.61 Å². The molecule has 15 heavy (non-hydrogen) atoms. The van der Waals surface area contributed by atoms with Gasteiger partial charge in [0.25, 0.3) is 0 Å². The molecule has 84 valence electrons. The van der Waals surface area contributed by atoms with Gasteiger partial charge in [0.2, 0.25) is 0 Å². The van der Waals surface area contributed by atoms with E-state index in [9.17, 15) is 5.11 Å². The Kier molecular flexibility index (Phi) is 3.52. The summed E-state index contributed by atoms with van der Waals surface area (Å²) in [6, 6.07) is 3.99. The molecule has 0 spiro atoms. The second-order valence-corrected chi connectivity index (χ2v) is 5.20. The first-order chi connectivity index (χ1) is 7.27. The van der Waals surface area contributed by atoms with Crippen molar-refractivity contribution in [1.82, 2.24) is 0 Å². The van der Waals surface area contributed by atoms with Gasteiger partial charge in [-0.05, 0) is 47.3 Å². The summed E-state index contributed by atoms with van der Waals surface area (Å²) in [6.07, 6.45) is 6.93. The Morgan fingerprint density at radius 1 is 1.27 bits per heavy atom. The number of furan rings is 1. The summed E-state index contributed by atoms with van der Waals surface area (Å²) >= 11 is 3.34. The van der Waals surface area contributed by atoms with Crippen molar-refractivity contribution in [3.63, 3.8) is 0 Å². The second-order valence-electron chi connectivity index (χ2n) is 4.42. The van der Waals surface area contributed by atoms with Crippen LogP contribution in [0, 0.1) is 0 Å². The Labute approximate surface area is 98.8 Å². The zero-order chi connectivity index (χ0) is 10.7. The van der Waals surface area contributed by atoms with Gasteiger partial charge in [-0.15, -0.1) is 0 Å². The molecule has 0 aliphatic heterocycles. The molecule has 1 aromatic heterocycles. The lowest BCUT2D eigenvalue weighted by atomic mass is 9.70. The van der Waals surface area contributed by atoms with E-state index in [1.54, 1.807) is 0 Å². The van der Waals surface area contributed by atoms with Crippen LogP contribution in [-0.4, -0.2) is 11.7 Å². The van der Waals surface area contributed by atoms with Gasteiger partial charge in [-0.1, -0.05) is 19.3 Å². The van der Waals surface area contributed by atoms with Crippen molar-refractivity contribution in [2.24, 2.45) is 0 Å². The maximum absolute atomic E-state index is 9.20. The van der Waals surface area contributed by atoms with E-state index < -0.39 is 0 Å². The topological polar surface area (TPSA) is 33.4 Å². The number of hydrogen-bond acceptors (Lipinski definition) is 2. The predicted octanol–water partition coefficient (Wildman–Crippen LogP) is 3.63. The maximum Gasteiger partial charge on any atom is 0.169 e. The summed E-state index contributed by atoms with van der Waals surface area (Å²) in [5.41, 5.74) is 0.0963. The van der Waals surface area contributed by atoms with Gasteiger partial charge in [-0.3, -0.25) is 0 Å². The molecule has 2 rings (SSSR count). The number of aliphatic hydroxyl groups is 1. The molecule has 0 atom stereocenters. The van der Waals surface area contributed by atoms with Crippen LogP contribution in [0.5, 0.6) is 0 Å². The van der Waals surface area contributed by atoms with Crippen molar-refractivity contribution >= 4 is 15.9 Å². The van der Waals surface area contributed by atoms with Crippen LogP contribution < -0.4 is 0 Å². The normalized spacial score (nSPS) is 20.4. The highest BCUT2D eigenvalue weighted by Gasteiger charge is 2.36. The van der Waals surface area contributed by atoms with Crippen LogP contribution in [0.25, 0.3) is 0 Å². The van der Waals surface area contributed by atoms with E-state index in [1.807, 2.05) is 12.1 Å². The second kappa shape index (κ2) is 4.71. The summed E-state index contributed by atoms with van der Waals surface area (Å²) in [7, 11) is 0. The minimum absolute atomic E-state index is 0.0963. The fourth-order valence-electron chi connectivity index (χ4n) is 2.66. The zero-order valence-electron chi connectivity index (χ0n) is 8.84. The molecule has 3 heteroatoms. The third kappa shape index (κ3) is 2.28. The highest BCUT2D eigenvalue weighted by Crippen LogP contribution is 2.43. The third-order valence-electron chi connectivity index (χ3n) is 3.50. The summed E-state index contributed by atoms with van der Waals surface area (Å²) in [6.45, 7) is 0.248. The number of aliphatic hydroxyl groups excluding tert-OH is 1. The van der Waals surface area contributed by atoms with Gasteiger partial charge < -0.3 is 9.52 Å². The highest BCUT2D eigenvalue weighted by molar-refractivity contribution is 9.10. The van der Waals surface area contributed by atoms with E-state index in [0.717, 1.165) is 29.7 Å². The van der Waals surface area contributed by atoms with E-state index in [-0.39, 0.29) is 12.0 Å². The van der Waals surface area contributed by atoms with Crippen molar-refractivity contribution in [3.8, 4) is 0 Å². The van der Waals surface area contributed by atoms with E-state index in [0.29, 0.717) is 0 Å². The lowest BCUT2D eigenvalue weighted by Crippen LogP contribution is -2.29. The summed E-state index contributed by atoms with van der Waals surface area (Å²) < 4.78 is 6.48. The molecule has 2 nitrogen and oxygen atoms in total. The molecule has 0 bridgehead atoms. The number of halogens is 1. The first-order valence-corrected chi connectivity index (χ1v) is 6.43. The van der Waals surface area contributed by atoms with Crippen molar-refractivity contribution in [2.45, 2.75) is 43.9 Å². The Morgan fingerprint density at radius 3 is 2.53 bits per heavy atom. The van der Waals surface area contributed by atoms with Crippen LogP contribution in [0.2, 0.25) is 0 Å². The average molecular weight is 273 g/mol. The summed E-state index contributed by atoms with van der Waals surface area (Å²) in [5, 5.41) is 9.20. The van der Waals surface area contributed by atoms with Crippen LogP contribution in [0.15, 0.2) is 21.2 Å². The van der Waals surface area contributed by atoms with Crippen LogP contribution >= 0.6 is 15.9 Å². The van der Waals surface area contributed by atoms with Gasteiger partial charge >= 0.3 is 0 Å². The van der Waals surface area contributed by atoms with Crippen LogP contribution in [-0.2, 0) is 5.41 Å². The smallest absolute Gasteiger partial charge is 0.169 e. The first kappa shape index (κ1) is 11.2. The van der Waals surface area contributed by atoms with Crippen LogP contribution in [0.3, 0.4) is 0 Å². The molecule has 1 aliphatic carbocycles. The molecular formula is C12H17BrO2. The van der Waals surface area contributed by atoms with Crippen molar-refractivity contribution < 1.29 is 9.52 Å². The van der Waals surface area contributed by atoms with Gasteiger partial charge in [0, 0.05) is 12.0 Å². The number of hydrogen-bond donors (Lipinski definition) is 1. The minimum atomic E-state index is 0.0963. The molecule has 0 amide bonds. The van der Waals surface area contributed by atoms with Crippen LogP contribution in [0.1, 0.15) is 44.3 Å². The molecule has 1 fully saturated rings. The first-order valence-electron chi connectivity index (χ1n) is 5.63. The zero-order valence-corrected chi connectivity index (χ0v) is 10.4. The predicted molar refractivity (Wildman–Crippen MR) is 62.9 cm³/mol. The Hall–Kier alpha value is -0.280. The molecule has 1 N–H and O–H groups in total. The van der Waals surface area contributed by atoms with Gasteiger partial charge in [-0.2, -0.15) is 0 Å². The average Bonchev–Trinajstić information content (AvgIpc) is 2.67. The third-order valence-corrected chi connectivity index (χ3v) is 3.92. The molecule has 0 unspecified atom stereocenters. The van der Waals surface area contributed by atoms with E-state index in [1.165, 1.54) is 19.3 Å². The minimum Gasteiger partial charge on any atom is -0.454 e. The molecule has 0 aromatic carbocycles. The highest BCUT2D eigenvalue weighted by atomic mass is 79.9. The van der Waals surface area contributed by atoms with E-state index >= 15 is 0 Å². The lowest BCUT2D eigenvalue weighted by Gasteiger charge is -2.35. The van der Waals surface area contributed by atoms with Gasteiger partial charge in [0.1, 0.15) is 5.76 Å². The molecule has 1 aliphatic rings. The Bertz CT molecular complexity index is 308. The molecule has 1 heterocycles. The SMILES string of the molecule is OCCC1(c2ccc(Br)o2)CCCCC1. The molecule has 1 aromatic rings. The molecule has 0 saturated heterocycles. The van der Waals surface area contributed by atoms with Crippen molar-refractivity contribution in [3.05, 3.63) is 22.6 Å². The fourth-order valence-corrected chi connectivity index (χ4v) is 2.97. The molecule has 1 saturated carbocycles. The standard InChI is InChI=1S/C12H17BrO2/c13-11-5-4-10(15-11)12(8-9-14)6-2-1-3-7-12/h4-5,14H,1-3,6-9H2. The largest absolute Gasteiger partial charge is 0.454 e. The molecule has 0 radical (unpaired) electrons. The quantitative estimate of drug-likeness (QED) is 0.912. The van der Waals surface area contributed by atoms with Gasteiger partial charge in [-0.25, -0.2) is 0 Å². The van der Waals surface area contributed by atoms with Crippen molar-refractivity contribution in [1.29, 1.82) is 0 Å². The van der Waals surface area contributed by atoms with E-state index in [4.69, 9.17) is 4.42 Å². The summed E-state index contributed by atoms with van der Waals surface area (Å²) in [4.78, 5) is 0. The Balaban J connectivity index is 2.24.